The second kappa shape index (κ2) is 6.41. The van der Waals surface area contributed by atoms with Gasteiger partial charge in [0.05, 0.1) is 0 Å². The molecule has 2 aromatic carbocycles. The SMILES string of the molecule is Cc1ccc(C(=O)N2CCN(c3ccccc3C)CC2)cc1F. The highest BCUT2D eigenvalue weighted by molar-refractivity contribution is 5.94. The Morgan fingerprint density at radius 2 is 1.65 bits per heavy atom. The number of nitrogens with zero attached hydrogens (tertiary/aromatic N) is 2. The number of anilines is 1. The summed E-state index contributed by atoms with van der Waals surface area (Å²) in [4.78, 5) is 16.6. The van der Waals surface area contributed by atoms with Crippen LogP contribution in [0.2, 0.25) is 0 Å². The molecule has 0 radical (unpaired) electrons. The Labute approximate surface area is 136 Å². The van der Waals surface area contributed by atoms with E-state index in [4.69, 9.17) is 0 Å². The van der Waals surface area contributed by atoms with Gasteiger partial charge < -0.3 is 9.80 Å². The minimum Gasteiger partial charge on any atom is -0.368 e. The van der Waals surface area contributed by atoms with Gasteiger partial charge in [-0.3, -0.25) is 4.79 Å². The monoisotopic (exact) mass is 312 g/mol. The fourth-order valence-corrected chi connectivity index (χ4v) is 2.98. The zero-order valence-electron chi connectivity index (χ0n) is 13.6. The number of carbonyl (C=O) groups excluding carboxylic acids is 1. The number of carbonyl (C=O) groups is 1. The van der Waals surface area contributed by atoms with E-state index in [1.54, 1.807) is 24.0 Å². The van der Waals surface area contributed by atoms with Gasteiger partial charge in [0.2, 0.25) is 0 Å². The van der Waals surface area contributed by atoms with Crippen LogP contribution in [0.4, 0.5) is 10.1 Å². The molecule has 0 aromatic heterocycles. The van der Waals surface area contributed by atoms with Crippen LogP contribution in [-0.4, -0.2) is 37.0 Å². The van der Waals surface area contributed by atoms with Gasteiger partial charge in [-0.25, -0.2) is 4.39 Å². The van der Waals surface area contributed by atoms with Gasteiger partial charge >= 0.3 is 0 Å². The maximum atomic E-state index is 13.7. The minimum atomic E-state index is -0.325. The van der Waals surface area contributed by atoms with Gasteiger partial charge in [0.25, 0.3) is 5.91 Å². The van der Waals surface area contributed by atoms with Crippen molar-refractivity contribution < 1.29 is 9.18 Å². The Morgan fingerprint density at radius 3 is 2.30 bits per heavy atom. The number of para-hydroxylation sites is 1. The second-order valence-electron chi connectivity index (χ2n) is 6.03. The van der Waals surface area contributed by atoms with E-state index in [0.29, 0.717) is 24.2 Å². The van der Waals surface area contributed by atoms with Gasteiger partial charge in [0, 0.05) is 37.4 Å². The molecule has 1 saturated heterocycles. The third-order valence-corrected chi connectivity index (χ3v) is 4.44. The first-order valence-electron chi connectivity index (χ1n) is 7.92. The van der Waals surface area contributed by atoms with Gasteiger partial charge in [-0.1, -0.05) is 24.3 Å². The van der Waals surface area contributed by atoms with E-state index in [1.807, 2.05) is 12.1 Å². The third-order valence-electron chi connectivity index (χ3n) is 4.44. The summed E-state index contributed by atoms with van der Waals surface area (Å²) in [6, 6.07) is 13.0. The van der Waals surface area contributed by atoms with Crippen LogP contribution in [0.3, 0.4) is 0 Å². The Kier molecular flexibility index (Phi) is 4.33. The van der Waals surface area contributed by atoms with Crippen LogP contribution in [0.1, 0.15) is 21.5 Å². The van der Waals surface area contributed by atoms with Crippen LogP contribution >= 0.6 is 0 Å². The van der Waals surface area contributed by atoms with E-state index in [1.165, 1.54) is 17.3 Å². The summed E-state index contributed by atoms with van der Waals surface area (Å²) in [5, 5.41) is 0. The highest BCUT2D eigenvalue weighted by atomic mass is 19.1. The molecule has 3 rings (SSSR count). The van der Waals surface area contributed by atoms with Crippen LogP contribution in [0, 0.1) is 19.7 Å². The molecule has 120 valence electrons. The van der Waals surface area contributed by atoms with E-state index >= 15 is 0 Å². The van der Waals surface area contributed by atoms with Crippen LogP contribution in [-0.2, 0) is 0 Å². The van der Waals surface area contributed by atoms with E-state index in [9.17, 15) is 9.18 Å². The second-order valence-corrected chi connectivity index (χ2v) is 6.03. The molecule has 23 heavy (non-hydrogen) atoms. The van der Waals surface area contributed by atoms with E-state index in [0.717, 1.165) is 13.1 Å². The number of piperazine rings is 1. The maximum absolute atomic E-state index is 13.7. The van der Waals surface area contributed by atoms with Crippen molar-refractivity contribution in [2.24, 2.45) is 0 Å². The van der Waals surface area contributed by atoms with Gasteiger partial charge in [0.15, 0.2) is 0 Å². The maximum Gasteiger partial charge on any atom is 0.254 e. The number of aryl methyl sites for hydroxylation is 2. The average Bonchev–Trinajstić information content (AvgIpc) is 2.57. The van der Waals surface area contributed by atoms with Crippen molar-refractivity contribution in [1.29, 1.82) is 0 Å². The summed E-state index contributed by atoms with van der Waals surface area (Å²) in [5.41, 5.74) is 3.46. The van der Waals surface area contributed by atoms with Gasteiger partial charge in [-0.15, -0.1) is 0 Å². The molecule has 0 spiro atoms. The number of hydrogen-bond acceptors (Lipinski definition) is 2. The molecule has 0 N–H and O–H groups in total. The summed E-state index contributed by atoms with van der Waals surface area (Å²) in [5.74, 6) is -0.414. The molecule has 1 fully saturated rings. The Balaban J connectivity index is 1.68. The Hall–Kier alpha value is -2.36. The molecule has 0 unspecified atom stereocenters. The Bertz CT molecular complexity index is 721. The van der Waals surface area contributed by atoms with Crippen molar-refractivity contribution in [2.45, 2.75) is 13.8 Å². The standard InChI is InChI=1S/C19H21FN2O/c1-14-7-8-16(13-17(14)20)19(23)22-11-9-21(10-12-22)18-6-4-3-5-15(18)2/h3-8,13H,9-12H2,1-2H3. The lowest BCUT2D eigenvalue weighted by atomic mass is 10.1. The number of benzene rings is 2. The first-order valence-corrected chi connectivity index (χ1v) is 7.92. The molecular formula is C19H21FN2O. The number of halogens is 1. The predicted molar refractivity (Wildman–Crippen MR) is 90.4 cm³/mol. The molecule has 4 heteroatoms. The smallest absolute Gasteiger partial charge is 0.254 e. The average molecular weight is 312 g/mol. The van der Waals surface area contributed by atoms with Crippen LogP contribution in [0.25, 0.3) is 0 Å². The van der Waals surface area contributed by atoms with Gasteiger partial charge in [-0.05, 0) is 43.2 Å². The quantitative estimate of drug-likeness (QED) is 0.848. The van der Waals surface area contributed by atoms with Gasteiger partial charge in [0.1, 0.15) is 5.82 Å². The van der Waals surface area contributed by atoms with Crippen LogP contribution < -0.4 is 4.90 Å². The van der Waals surface area contributed by atoms with Crippen molar-refractivity contribution in [1.82, 2.24) is 4.90 Å². The molecule has 3 nitrogen and oxygen atoms in total. The molecule has 1 amide bonds. The van der Waals surface area contributed by atoms with E-state index in [2.05, 4.69) is 24.0 Å². The van der Waals surface area contributed by atoms with Crippen molar-refractivity contribution >= 4 is 11.6 Å². The molecule has 2 aromatic rings. The summed E-state index contributed by atoms with van der Waals surface area (Å²) >= 11 is 0. The van der Waals surface area contributed by atoms with Gasteiger partial charge in [-0.2, -0.15) is 0 Å². The topological polar surface area (TPSA) is 23.6 Å². The summed E-state index contributed by atoms with van der Waals surface area (Å²) < 4.78 is 13.7. The lowest BCUT2D eigenvalue weighted by molar-refractivity contribution is 0.0746. The predicted octanol–water partition coefficient (Wildman–Crippen LogP) is 3.40. The first kappa shape index (κ1) is 15.5. The molecule has 0 aliphatic carbocycles. The molecule has 0 atom stereocenters. The normalized spacial score (nSPS) is 14.9. The Morgan fingerprint density at radius 1 is 0.957 bits per heavy atom. The molecule has 1 heterocycles. The lowest BCUT2D eigenvalue weighted by Crippen LogP contribution is -2.49. The number of hydrogen-bond donors (Lipinski definition) is 0. The van der Waals surface area contributed by atoms with Crippen LogP contribution in [0.15, 0.2) is 42.5 Å². The fraction of sp³-hybridized carbons (Fsp3) is 0.316. The molecule has 0 saturated carbocycles. The molecule has 1 aliphatic heterocycles. The number of amides is 1. The van der Waals surface area contributed by atoms with Crippen molar-refractivity contribution in [3.05, 3.63) is 65.0 Å². The third kappa shape index (κ3) is 3.21. The highest BCUT2D eigenvalue weighted by Crippen LogP contribution is 2.21. The zero-order chi connectivity index (χ0) is 16.4. The van der Waals surface area contributed by atoms with Crippen molar-refractivity contribution in [3.8, 4) is 0 Å². The zero-order valence-corrected chi connectivity index (χ0v) is 13.6. The van der Waals surface area contributed by atoms with Crippen molar-refractivity contribution in [3.63, 3.8) is 0 Å². The largest absolute Gasteiger partial charge is 0.368 e. The summed E-state index contributed by atoms with van der Waals surface area (Å²) in [6.07, 6.45) is 0. The molecular weight excluding hydrogens is 291 g/mol. The molecule has 1 aliphatic rings. The van der Waals surface area contributed by atoms with Crippen molar-refractivity contribution in [2.75, 3.05) is 31.1 Å². The van der Waals surface area contributed by atoms with E-state index < -0.39 is 0 Å². The minimum absolute atomic E-state index is 0.0895. The first-order chi connectivity index (χ1) is 11.1. The number of rotatable bonds is 2. The summed E-state index contributed by atoms with van der Waals surface area (Å²) in [7, 11) is 0. The summed E-state index contributed by atoms with van der Waals surface area (Å²) in [6.45, 7) is 6.70. The lowest BCUT2D eigenvalue weighted by Gasteiger charge is -2.36. The van der Waals surface area contributed by atoms with Crippen LogP contribution in [0.5, 0.6) is 0 Å². The fourth-order valence-electron chi connectivity index (χ4n) is 2.98. The molecule has 0 bridgehead atoms. The van der Waals surface area contributed by atoms with E-state index in [-0.39, 0.29) is 11.7 Å². The highest BCUT2D eigenvalue weighted by Gasteiger charge is 2.23.